The van der Waals surface area contributed by atoms with E-state index in [9.17, 15) is 14.0 Å². The molecule has 2 unspecified atom stereocenters. The van der Waals surface area contributed by atoms with Gasteiger partial charge in [0.25, 0.3) is 0 Å². The minimum absolute atomic E-state index is 0.0220. The molecule has 1 N–H and O–H groups in total. The molecule has 0 radical (unpaired) electrons. The van der Waals surface area contributed by atoms with Gasteiger partial charge >= 0.3 is 0 Å². The number of piperazine rings is 1. The standard InChI is InChI=1S/C15H18BrFN2O2/c1-3-9(2)14-15(21)18-7-13(20)19(14)8-10-4-5-12(17)11(16)6-10/h4-6,9,14H,3,7-8H2,1-2H3,(H,18,21). The molecule has 2 atom stereocenters. The molecule has 21 heavy (non-hydrogen) atoms. The number of carbonyl (C=O) groups is 2. The minimum Gasteiger partial charge on any atom is -0.345 e. The van der Waals surface area contributed by atoms with E-state index in [1.54, 1.807) is 17.0 Å². The van der Waals surface area contributed by atoms with Crippen LogP contribution in [0.4, 0.5) is 4.39 Å². The van der Waals surface area contributed by atoms with Crippen molar-refractivity contribution in [3.8, 4) is 0 Å². The molecular weight excluding hydrogens is 339 g/mol. The summed E-state index contributed by atoms with van der Waals surface area (Å²) in [7, 11) is 0. The predicted octanol–water partition coefficient (Wildman–Crippen LogP) is 2.46. The van der Waals surface area contributed by atoms with Crippen molar-refractivity contribution in [2.45, 2.75) is 32.9 Å². The second kappa shape index (κ2) is 6.56. The zero-order valence-corrected chi connectivity index (χ0v) is 13.6. The van der Waals surface area contributed by atoms with Crippen LogP contribution in [0.2, 0.25) is 0 Å². The van der Waals surface area contributed by atoms with Gasteiger partial charge in [0, 0.05) is 6.54 Å². The Hall–Kier alpha value is -1.43. The molecule has 1 aromatic rings. The molecule has 1 fully saturated rings. The third kappa shape index (κ3) is 3.43. The van der Waals surface area contributed by atoms with E-state index in [0.29, 0.717) is 11.0 Å². The topological polar surface area (TPSA) is 49.4 Å². The van der Waals surface area contributed by atoms with Crippen molar-refractivity contribution >= 4 is 27.7 Å². The molecular formula is C15H18BrFN2O2. The largest absolute Gasteiger partial charge is 0.345 e. The summed E-state index contributed by atoms with van der Waals surface area (Å²) in [5.41, 5.74) is 0.791. The summed E-state index contributed by atoms with van der Waals surface area (Å²) < 4.78 is 13.6. The number of rotatable bonds is 4. The van der Waals surface area contributed by atoms with Crippen LogP contribution >= 0.6 is 15.9 Å². The van der Waals surface area contributed by atoms with Gasteiger partial charge in [0.1, 0.15) is 11.9 Å². The molecule has 114 valence electrons. The van der Waals surface area contributed by atoms with Crippen LogP contribution in [0.25, 0.3) is 0 Å². The van der Waals surface area contributed by atoms with Crippen LogP contribution in [0.3, 0.4) is 0 Å². The number of hydrogen-bond acceptors (Lipinski definition) is 2. The van der Waals surface area contributed by atoms with Crippen molar-refractivity contribution in [1.82, 2.24) is 10.2 Å². The van der Waals surface area contributed by atoms with E-state index < -0.39 is 6.04 Å². The molecule has 4 nitrogen and oxygen atoms in total. The van der Waals surface area contributed by atoms with Crippen LogP contribution in [0.15, 0.2) is 22.7 Å². The molecule has 1 aliphatic rings. The Labute approximate surface area is 131 Å². The molecule has 6 heteroatoms. The first-order valence-electron chi connectivity index (χ1n) is 6.95. The number of carbonyl (C=O) groups excluding carboxylic acids is 2. The van der Waals surface area contributed by atoms with E-state index in [-0.39, 0.29) is 30.1 Å². The second-order valence-electron chi connectivity index (χ2n) is 5.32. The van der Waals surface area contributed by atoms with Gasteiger partial charge in [-0.2, -0.15) is 0 Å². The molecule has 0 saturated carbocycles. The molecule has 1 aliphatic heterocycles. The van der Waals surface area contributed by atoms with Gasteiger partial charge in [-0.25, -0.2) is 4.39 Å². The minimum atomic E-state index is -0.472. The van der Waals surface area contributed by atoms with Gasteiger partial charge in [-0.05, 0) is 39.5 Å². The Morgan fingerprint density at radius 1 is 1.48 bits per heavy atom. The quantitative estimate of drug-likeness (QED) is 0.900. The maximum Gasteiger partial charge on any atom is 0.243 e. The Kier molecular flexibility index (Phi) is 4.98. The lowest BCUT2D eigenvalue weighted by Gasteiger charge is -2.38. The highest BCUT2D eigenvalue weighted by Crippen LogP contribution is 2.23. The normalized spacial score (nSPS) is 20.4. The van der Waals surface area contributed by atoms with Gasteiger partial charge in [-0.1, -0.05) is 26.3 Å². The third-order valence-corrected chi connectivity index (χ3v) is 4.47. The fourth-order valence-electron chi connectivity index (χ4n) is 2.48. The highest BCUT2D eigenvalue weighted by molar-refractivity contribution is 9.10. The summed E-state index contributed by atoms with van der Waals surface area (Å²) in [5, 5.41) is 2.63. The lowest BCUT2D eigenvalue weighted by molar-refractivity contribution is -0.148. The van der Waals surface area contributed by atoms with Crippen molar-refractivity contribution in [2.24, 2.45) is 5.92 Å². The number of hydrogen-bond donors (Lipinski definition) is 1. The van der Waals surface area contributed by atoms with Gasteiger partial charge in [-0.3, -0.25) is 9.59 Å². The average molecular weight is 357 g/mol. The highest BCUT2D eigenvalue weighted by atomic mass is 79.9. The number of amides is 2. The zero-order chi connectivity index (χ0) is 15.6. The summed E-state index contributed by atoms with van der Waals surface area (Å²) in [6.45, 7) is 4.27. The molecule has 2 rings (SSSR count). The fraction of sp³-hybridized carbons (Fsp3) is 0.467. The molecule has 0 bridgehead atoms. The summed E-state index contributed by atoms with van der Waals surface area (Å²) in [6, 6.07) is 4.16. The summed E-state index contributed by atoms with van der Waals surface area (Å²) in [6.07, 6.45) is 0.801. The number of halogens is 2. The monoisotopic (exact) mass is 356 g/mol. The van der Waals surface area contributed by atoms with Crippen molar-refractivity contribution < 1.29 is 14.0 Å². The first kappa shape index (κ1) is 15.9. The van der Waals surface area contributed by atoms with E-state index >= 15 is 0 Å². The maximum atomic E-state index is 13.3. The van der Waals surface area contributed by atoms with Gasteiger partial charge in [0.15, 0.2) is 0 Å². The van der Waals surface area contributed by atoms with Crippen LogP contribution in [-0.2, 0) is 16.1 Å². The van der Waals surface area contributed by atoms with Crippen LogP contribution in [0.1, 0.15) is 25.8 Å². The third-order valence-electron chi connectivity index (χ3n) is 3.86. The van der Waals surface area contributed by atoms with Gasteiger partial charge < -0.3 is 10.2 Å². The highest BCUT2D eigenvalue weighted by Gasteiger charge is 2.37. The lowest BCUT2D eigenvalue weighted by atomic mass is 9.94. The maximum absolute atomic E-state index is 13.3. The first-order chi connectivity index (χ1) is 9.93. The lowest BCUT2D eigenvalue weighted by Crippen LogP contribution is -2.60. The van der Waals surface area contributed by atoms with Crippen molar-refractivity contribution in [2.75, 3.05) is 6.54 Å². The summed E-state index contributed by atoms with van der Waals surface area (Å²) in [5.74, 6) is -0.511. The van der Waals surface area contributed by atoms with E-state index in [0.717, 1.165) is 12.0 Å². The number of nitrogens with zero attached hydrogens (tertiary/aromatic N) is 1. The van der Waals surface area contributed by atoms with Crippen molar-refractivity contribution in [3.63, 3.8) is 0 Å². The summed E-state index contributed by atoms with van der Waals surface area (Å²) >= 11 is 3.14. The Balaban J connectivity index is 2.26. The van der Waals surface area contributed by atoms with Gasteiger partial charge in [-0.15, -0.1) is 0 Å². The number of nitrogens with one attached hydrogen (secondary N) is 1. The number of benzene rings is 1. The van der Waals surface area contributed by atoms with Crippen LogP contribution in [-0.4, -0.2) is 29.3 Å². The Morgan fingerprint density at radius 3 is 2.81 bits per heavy atom. The average Bonchev–Trinajstić information content (AvgIpc) is 2.46. The molecule has 0 spiro atoms. The van der Waals surface area contributed by atoms with Gasteiger partial charge in [0.2, 0.25) is 11.8 Å². The van der Waals surface area contributed by atoms with E-state index in [4.69, 9.17) is 0 Å². The molecule has 0 aliphatic carbocycles. The van der Waals surface area contributed by atoms with E-state index in [1.807, 2.05) is 13.8 Å². The van der Waals surface area contributed by atoms with E-state index in [1.165, 1.54) is 6.07 Å². The van der Waals surface area contributed by atoms with Crippen LogP contribution < -0.4 is 5.32 Å². The van der Waals surface area contributed by atoms with Crippen LogP contribution in [0, 0.1) is 11.7 Å². The molecule has 2 amide bonds. The van der Waals surface area contributed by atoms with Crippen molar-refractivity contribution in [3.05, 3.63) is 34.1 Å². The SMILES string of the molecule is CCC(C)C1C(=O)NCC(=O)N1Cc1ccc(F)c(Br)c1. The van der Waals surface area contributed by atoms with Gasteiger partial charge in [0.05, 0.1) is 11.0 Å². The molecule has 0 aromatic heterocycles. The van der Waals surface area contributed by atoms with Crippen molar-refractivity contribution in [1.29, 1.82) is 0 Å². The zero-order valence-electron chi connectivity index (χ0n) is 12.0. The van der Waals surface area contributed by atoms with Crippen LogP contribution in [0.5, 0.6) is 0 Å². The fourth-order valence-corrected chi connectivity index (χ4v) is 2.90. The second-order valence-corrected chi connectivity index (χ2v) is 6.17. The Morgan fingerprint density at radius 2 is 2.19 bits per heavy atom. The predicted molar refractivity (Wildman–Crippen MR) is 80.9 cm³/mol. The molecule has 1 heterocycles. The van der Waals surface area contributed by atoms with E-state index in [2.05, 4.69) is 21.2 Å². The Bertz CT molecular complexity index is 565. The molecule has 1 saturated heterocycles. The first-order valence-corrected chi connectivity index (χ1v) is 7.74. The molecule has 1 aromatic carbocycles. The smallest absolute Gasteiger partial charge is 0.243 e. The summed E-state index contributed by atoms with van der Waals surface area (Å²) in [4.78, 5) is 25.8.